The highest BCUT2D eigenvalue weighted by atomic mass is 19.1. The average molecular weight is 211 g/mol. The molecule has 0 saturated heterocycles. The van der Waals surface area contributed by atoms with Crippen molar-refractivity contribution in [1.29, 1.82) is 0 Å². The average Bonchev–Trinajstić information content (AvgIpc) is 2.20. The summed E-state index contributed by atoms with van der Waals surface area (Å²) >= 11 is 0. The van der Waals surface area contributed by atoms with E-state index in [0.717, 1.165) is 18.5 Å². The van der Waals surface area contributed by atoms with Crippen LogP contribution in [0.3, 0.4) is 0 Å². The predicted molar refractivity (Wildman–Crippen MR) is 59.4 cm³/mol. The summed E-state index contributed by atoms with van der Waals surface area (Å²) in [5.74, 6) is -0.150. The van der Waals surface area contributed by atoms with Crippen LogP contribution < -0.4 is 0 Å². The van der Waals surface area contributed by atoms with Gasteiger partial charge in [-0.15, -0.1) is 0 Å². The van der Waals surface area contributed by atoms with Gasteiger partial charge in [0.15, 0.2) is 0 Å². The van der Waals surface area contributed by atoms with Crippen molar-refractivity contribution in [2.75, 3.05) is 26.7 Å². The molecule has 0 fully saturated rings. The Morgan fingerprint density at radius 2 is 2.07 bits per heavy atom. The zero-order valence-corrected chi connectivity index (χ0v) is 9.33. The van der Waals surface area contributed by atoms with Crippen LogP contribution in [0.2, 0.25) is 0 Å². The summed E-state index contributed by atoms with van der Waals surface area (Å²) in [7, 11) is 1.96. The van der Waals surface area contributed by atoms with Crippen molar-refractivity contribution in [2.45, 2.75) is 13.3 Å². The number of hydrogen-bond donors (Lipinski definition) is 1. The molecular weight excluding hydrogens is 193 g/mol. The van der Waals surface area contributed by atoms with Gasteiger partial charge >= 0.3 is 0 Å². The van der Waals surface area contributed by atoms with Crippen molar-refractivity contribution in [2.24, 2.45) is 0 Å². The van der Waals surface area contributed by atoms with Gasteiger partial charge in [-0.05, 0) is 37.6 Å². The second-order valence-corrected chi connectivity index (χ2v) is 3.86. The fraction of sp³-hybridized carbons (Fsp3) is 0.500. The predicted octanol–water partition coefficient (Wildman–Crippen LogP) is 1.60. The van der Waals surface area contributed by atoms with Gasteiger partial charge in [-0.3, -0.25) is 0 Å². The highest BCUT2D eigenvalue weighted by molar-refractivity contribution is 5.24. The molecule has 3 heteroatoms. The van der Waals surface area contributed by atoms with E-state index in [-0.39, 0.29) is 12.4 Å². The maximum Gasteiger partial charge on any atom is 0.126 e. The molecule has 0 aliphatic rings. The van der Waals surface area contributed by atoms with E-state index in [1.54, 1.807) is 6.92 Å². The third kappa shape index (κ3) is 3.98. The number of rotatable bonds is 5. The van der Waals surface area contributed by atoms with Crippen LogP contribution in [0.1, 0.15) is 11.1 Å². The number of aryl methyl sites for hydroxylation is 1. The third-order valence-electron chi connectivity index (χ3n) is 2.49. The minimum atomic E-state index is -0.150. The molecule has 0 radical (unpaired) electrons. The molecule has 2 nitrogen and oxygen atoms in total. The van der Waals surface area contributed by atoms with Gasteiger partial charge in [0.2, 0.25) is 0 Å². The Balaban J connectivity index is 2.47. The summed E-state index contributed by atoms with van der Waals surface area (Å²) in [4.78, 5) is 2.05. The Kier molecular flexibility index (Phi) is 4.72. The molecule has 1 aromatic rings. The summed E-state index contributed by atoms with van der Waals surface area (Å²) in [5, 5.41) is 8.72. The first-order valence-electron chi connectivity index (χ1n) is 5.18. The van der Waals surface area contributed by atoms with Gasteiger partial charge < -0.3 is 10.0 Å². The van der Waals surface area contributed by atoms with E-state index in [2.05, 4.69) is 4.90 Å². The molecular formula is C12H18FNO. The fourth-order valence-electron chi connectivity index (χ4n) is 1.46. The minimum absolute atomic E-state index is 0.150. The lowest BCUT2D eigenvalue weighted by Gasteiger charge is -2.14. The van der Waals surface area contributed by atoms with E-state index in [1.165, 1.54) is 6.07 Å². The molecule has 0 heterocycles. The summed E-state index contributed by atoms with van der Waals surface area (Å²) in [6.07, 6.45) is 0.887. The molecule has 0 unspecified atom stereocenters. The van der Waals surface area contributed by atoms with E-state index in [4.69, 9.17) is 5.11 Å². The number of nitrogens with zero attached hydrogens (tertiary/aromatic N) is 1. The number of likely N-dealkylation sites (N-methyl/N-ethyl adjacent to an activating group) is 1. The molecule has 0 atom stereocenters. The lowest BCUT2D eigenvalue weighted by Crippen LogP contribution is -2.24. The van der Waals surface area contributed by atoms with E-state index in [9.17, 15) is 4.39 Å². The summed E-state index contributed by atoms with van der Waals surface area (Å²) in [5.41, 5.74) is 1.83. The van der Waals surface area contributed by atoms with Crippen molar-refractivity contribution in [3.63, 3.8) is 0 Å². The highest BCUT2D eigenvalue weighted by Crippen LogP contribution is 2.09. The second kappa shape index (κ2) is 5.83. The maximum atomic E-state index is 13.0. The molecule has 0 aliphatic heterocycles. The van der Waals surface area contributed by atoms with Gasteiger partial charge in [0.25, 0.3) is 0 Å². The summed E-state index contributed by atoms with van der Waals surface area (Å²) in [6, 6.07) is 5.20. The highest BCUT2D eigenvalue weighted by Gasteiger charge is 2.01. The molecule has 0 aromatic heterocycles. The van der Waals surface area contributed by atoms with Crippen LogP contribution >= 0.6 is 0 Å². The Bertz CT molecular complexity index is 314. The molecule has 84 valence electrons. The van der Waals surface area contributed by atoms with Gasteiger partial charge in [0.05, 0.1) is 6.61 Å². The SMILES string of the molecule is Cc1cc(CCN(C)CCO)ccc1F. The Morgan fingerprint density at radius 1 is 1.33 bits per heavy atom. The van der Waals surface area contributed by atoms with Gasteiger partial charge in [-0.1, -0.05) is 12.1 Å². The Morgan fingerprint density at radius 3 is 2.67 bits per heavy atom. The van der Waals surface area contributed by atoms with Crippen LogP contribution in [0, 0.1) is 12.7 Å². The monoisotopic (exact) mass is 211 g/mol. The van der Waals surface area contributed by atoms with Crippen LogP contribution in [-0.2, 0) is 6.42 Å². The Labute approximate surface area is 90.3 Å². The zero-order valence-electron chi connectivity index (χ0n) is 9.33. The van der Waals surface area contributed by atoms with E-state index in [1.807, 2.05) is 19.2 Å². The van der Waals surface area contributed by atoms with Crippen LogP contribution in [0.25, 0.3) is 0 Å². The molecule has 1 N–H and O–H groups in total. The number of aliphatic hydroxyl groups excluding tert-OH is 1. The summed E-state index contributed by atoms with van der Waals surface area (Å²) < 4.78 is 13.0. The van der Waals surface area contributed by atoms with Gasteiger partial charge in [0, 0.05) is 13.1 Å². The molecule has 1 aromatic carbocycles. The molecule has 0 spiro atoms. The lowest BCUT2D eigenvalue weighted by atomic mass is 10.1. The zero-order chi connectivity index (χ0) is 11.3. The van der Waals surface area contributed by atoms with Gasteiger partial charge in [-0.2, -0.15) is 0 Å². The molecule has 0 saturated carbocycles. The Hall–Kier alpha value is -0.930. The standard InChI is InChI=1S/C12H18FNO/c1-10-9-11(3-4-12(10)13)5-6-14(2)7-8-15/h3-4,9,15H,5-8H2,1-2H3. The van der Waals surface area contributed by atoms with Crippen LogP contribution in [0.5, 0.6) is 0 Å². The van der Waals surface area contributed by atoms with Crippen LogP contribution in [0.4, 0.5) is 4.39 Å². The minimum Gasteiger partial charge on any atom is -0.395 e. The first-order valence-corrected chi connectivity index (χ1v) is 5.18. The first kappa shape index (κ1) is 12.1. The normalized spacial score (nSPS) is 11.0. The maximum absolute atomic E-state index is 13.0. The van der Waals surface area contributed by atoms with Crippen molar-refractivity contribution in [3.05, 3.63) is 35.1 Å². The molecule has 1 rings (SSSR count). The quantitative estimate of drug-likeness (QED) is 0.799. The third-order valence-corrected chi connectivity index (χ3v) is 2.49. The van der Waals surface area contributed by atoms with E-state index < -0.39 is 0 Å². The van der Waals surface area contributed by atoms with E-state index >= 15 is 0 Å². The van der Waals surface area contributed by atoms with E-state index in [0.29, 0.717) is 12.1 Å². The fourth-order valence-corrected chi connectivity index (χ4v) is 1.46. The largest absolute Gasteiger partial charge is 0.395 e. The van der Waals surface area contributed by atoms with Crippen molar-refractivity contribution in [1.82, 2.24) is 4.90 Å². The molecule has 0 aliphatic carbocycles. The van der Waals surface area contributed by atoms with Crippen molar-refractivity contribution in [3.8, 4) is 0 Å². The smallest absolute Gasteiger partial charge is 0.126 e. The second-order valence-electron chi connectivity index (χ2n) is 3.86. The topological polar surface area (TPSA) is 23.5 Å². The molecule has 15 heavy (non-hydrogen) atoms. The summed E-state index contributed by atoms with van der Waals surface area (Å²) in [6.45, 7) is 3.51. The molecule has 0 amide bonds. The van der Waals surface area contributed by atoms with Gasteiger partial charge in [0.1, 0.15) is 5.82 Å². The van der Waals surface area contributed by atoms with Crippen LogP contribution in [-0.4, -0.2) is 36.8 Å². The van der Waals surface area contributed by atoms with Gasteiger partial charge in [-0.25, -0.2) is 4.39 Å². The van der Waals surface area contributed by atoms with Crippen molar-refractivity contribution >= 4 is 0 Å². The number of aliphatic hydroxyl groups is 1. The molecule has 0 bridgehead atoms. The number of benzene rings is 1. The van der Waals surface area contributed by atoms with Crippen molar-refractivity contribution < 1.29 is 9.50 Å². The number of hydrogen-bond acceptors (Lipinski definition) is 2. The number of halogens is 1. The lowest BCUT2D eigenvalue weighted by molar-refractivity contribution is 0.223. The first-order chi connectivity index (χ1) is 7.13. The van der Waals surface area contributed by atoms with Crippen LogP contribution in [0.15, 0.2) is 18.2 Å².